The summed E-state index contributed by atoms with van der Waals surface area (Å²) in [6.45, 7) is 3.75. The molecule has 0 spiro atoms. The van der Waals surface area contributed by atoms with Gasteiger partial charge in [0.15, 0.2) is 0 Å². The average Bonchev–Trinajstić information content (AvgIpc) is 2.64. The number of aliphatic hydroxyl groups is 1. The molecule has 1 heterocycles. The Balaban J connectivity index is 2.51. The third kappa shape index (κ3) is 2.23. The highest BCUT2D eigenvalue weighted by molar-refractivity contribution is 5.94. The predicted molar refractivity (Wildman–Crippen MR) is 49.8 cm³/mol. The molecule has 5 nitrogen and oxygen atoms in total. The lowest BCUT2D eigenvalue weighted by molar-refractivity contribution is -0.152. The maximum atomic E-state index is 11.0. The van der Waals surface area contributed by atoms with E-state index in [0.29, 0.717) is 12.1 Å². The Morgan fingerprint density at radius 2 is 2.36 bits per heavy atom. The number of nitrogens with zero attached hydrogens (tertiary/aromatic N) is 1. The number of rotatable bonds is 3. The van der Waals surface area contributed by atoms with E-state index in [1.54, 1.807) is 0 Å². The topological polar surface area (TPSA) is 68.1 Å². The number of carbonyl (C=O) groups excluding carboxylic acids is 1. The van der Waals surface area contributed by atoms with Gasteiger partial charge in [0.25, 0.3) is 0 Å². The van der Waals surface area contributed by atoms with E-state index in [0.717, 1.165) is 0 Å². The van der Waals surface area contributed by atoms with Crippen molar-refractivity contribution in [3.05, 3.63) is 0 Å². The molecule has 2 atom stereocenters. The SMILES string of the molecule is COC(=O)[C@H]1CC([C@@H](O)C(C)C)=NO1. The van der Waals surface area contributed by atoms with E-state index in [-0.39, 0.29) is 5.92 Å². The van der Waals surface area contributed by atoms with Crippen molar-refractivity contribution in [3.8, 4) is 0 Å². The van der Waals surface area contributed by atoms with Crippen molar-refractivity contribution in [1.29, 1.82) is 0 Å². The Morgan fingerprint density at radius 3 is 2.86 bits per heavy atom. The molecule has 0 fully saturated rings. The third-order valence-corrected chi connectivity index (χ3v) is 2.13. The molecule has 0 aromatic carbocycles. The molecule has 14 heavy (non-hydrogen) atoms. The van der Waals surface area contributed by atoms with Gasteiger partial charge in [-0.2, -0.15) is 0 Å². The zero-order valence-electron chi connectivity index (χ0n) is 8.56. The number of methoxy groups -OCH3 is 1. The highest BCUT2D eigenvalue weighted by atomic mass is 16.7. The van der Waals surface area contributed by atoms with Gasteiger partial charge in [-0.1, -0.05) is 19.0 Å². The number of oxime groups is 1. The molecule has 1 aliphatic heterocycles. The Bertz CT molecular complexity index is 249. The van der Waals surface area contributed by atoms with E-state index in [1.807, 2.05) is 13.8 Å². The maximum absolute atomic E-state index is 11.0. The van der Waals surface area contributed by atoms with Gasteiger partial charge in [0.1, 0.15) is 0 Å². The number of aliphatic hydroxyl groups excluding tert-OH is 1. The highest BCUT2D eigenvalue weighted by Gasteiger charge is 2.32. The zero-order chi connectivity index (χ0) is 10.7. The molecule has 0 aliphatic carbocycles. The van der Waals surface area contributed by atoms with Crippen LogP contribution in [0, 0.1) is 5.92 Å². The second kappa shape index (κ2) is 4.41. The summed E-state index contributed by atoms with van der Waals surface area (Å²) < 4.78 is 4.50. The van der Waals surface area contributed by atoms with Gasteiger partial charge in [-0.15, -0.1) is 0 Å². The summed E-state index contributed by atoms with van der Waals surface area (Å²) in [7, 11) is 1.29. The summed E-state index contributed by atoms with van der Waals surface area (Å²) in [5.41, 5.74) is 0.510. The summed E-state index contributed by atoms with van der Waals surface area (Å²) in [4.78, 5) is 15.9. The first-order valence-electron chi connectivity index (χ1n) is 4.54. The predicted octanol–water partition coefficient (Wildman–Crippen LogP) is 0.321. The van der Waals surface area contributed by atoms with Gasteiger partial charge in [0.2, 0.25) is 6.10 Å². The molecule has 0 saturated carbocycles. The van der Waals surface area contributed by atoms with Crippen molar-refractivity contribution in [2.24, 2.45) is 11.1 Å². The van der Waals surface area contributed by atoms with Gasteiger partial charge < -0.3 is 14.7 Å². The van der Waals surface area contributed by atoms with Gasteiger partial charge in [-0.3, -0.25) is 0 Å². The molecule has 0 radical (unpaired) electrons. The van der Waals surface area contributed by atoms with Gasteiger partial charge in [-0.25, -0.2) is 4.79 Å². The van der Waals surface area contributed by atoms with E-state index in [1.165, 1.54) is 7.11 Å². The Hall–Kier alpha value is -1.10. The zero-order valence-corrected chi connectivity index (χ0v) is 8.56. The Labute approximate surface area is 82.7 Å². The van der Waals surface area contributed by atoms with Crippen LogP contribution in [0.3, 0.4) is 0 Å². The fourth-order valence-corrected chi connectivity index (χ4v) is 1.21. The van der Waals surface area contributed by atoms with E-state index < -0.39 is 18.2 Å². The fraction of sp³-hybridized carbons (Fsp3) is 0.778. The smallest absolute Gasteiger partial charge is 0.350 e. The maximum Gasteiger partial charge on any atom is 0.350 e. The molecule has 0 aromatic heterocycles. The van der Waals surface area contributed by atoms with Crippen LogP contribution >= 0.6 is 0 Å². The van der Waals surface area contributed by atoms with E-state index in [4.69, 9.17) is 4.84 Å². The van der Waals surface area contributed by atoms with Crippen molar-refractivity contribution in [3.63, 3.8) is 0 Å². The van der Waals surface area contributed by atoms with Crippen LogP contribution in [0.4, 0.5) is 0 Å². The molecule has 5 heteroatoms. The van der Waals surface area contributed by atoms with Crippen LogP contribution in [0.15, 0.2) is 5.16 Å². The van der Waals surface area contributed by atoms with Crippen molar-refractivity contribution in [1.82, 2.24) is 0 Å². The largest absolute Gasteiger partial charge is 0.466 e. The lowest BCUT2D eigenvalue weighted by atomic mass is 9.99. The minimum Gasteiger partial charge on any atom is -0.466 e. The van der Waals surface area contributed by atoms with Crippen molar-refractivity contribution in [2.45, 2.75) is 32.5 Å². The molecular formula is C9H15NO4. The van der Waals surface area contributed by atoms with Crippen molar-refractivity contribution in [2.75, 3.05) is 7.11 Å². The van der Waals surface area contributed by atoms with E-state index in [9.17, 15) is 9.90 Å². The molecule has 0 bridgehead atoms. The molecule has 0 aromatic rings. The number of ether oxygens (including phenoxy) is 1. The van der Waals surface area contributed by atoms with E-state index in [2.05, 4.69) is 9.89 Å². The summed E-state index contributed by atoms with van der Waals surface area (Å²) in [5, 5.41) is 13.3. The van der Waals surface area contributed by atoms with Crippen LogP contribution in [0.2, 0.25) is 0 Å². The summed E-state index contributed by atoms with van der Waals surface area (Å²) in [6.07, 6.45) is -1.03. The summed E-state index contributed by atoms with van der Waals surface area (Å²) >= 11 is 0. The van der Waals surface area contributed by atoms with E-state index >= 15 is 0 Å². The molecule has 1 aliphatic rings. The van der Waals surface area contributed by atoms with Crippen molar-refractivity contribution < 1.29 is 19.5 Å². The monoisotopic (exact) mass is 201 g/mol. The molecule has 0 amide bonds. The van der Waals surface area contributed by atoms with Crippen LogP contribution in [0.5, 0.6) is 0 Å². The first-order chi connectivity index (χ1) is 6.56. The molecule has 1 N–H and O–H groups in total. The third-order valence-electron chi connectivity index (χ3n) is 2.13. The summed E-state index contributed by atoms with van der Waals surface area (Å²) in [6, 6.07) is 0. The fourth-order valence-electron chi connectivity index (χ4n) is 1.21. The first kappa shape index (κ1) is 11.0. The highest BCUT2D eigenvalue weighted by Crippen LogP contribution is 2.17. The van der Waals surface area contributed by atoms with Gasteiger partial charge in [-0.05, 0) is 5.92 Å². The quantitative estimate of drug-likeness (QED) is 0.668. The second-order valence-electron chi connectivity index (χ2n) is 3.59. The standard InChI is InChI=1S/C9H15NO4/c1-5(2)8(11)6-4-7(14-10-6)9(12)13-3/h5,7-8,11H,4H2,1-3H3/t7-,8+/m1/s1. The normalized spacial score (nSPS) is 22.9. The Morgan fingerprint density at radius 1 is 1.71 bits per heavy atom. The lowest BCUT2D eigenvalue weighted by Gasteiger charge is -2.12. The molecule has 0 saturated heterocycles. The van der Waals surface area contributed by atoms with Crippen LogP contribution in [-0.4, -0.2) is 36.1 Å². The van der Waals surface area contributed by atoms with Crippen LogP contribution in [0.25, 0.3) is 0 Å². The molecule has 0 unspecified atom stereocenters. The average molecular weight is 201 g/mol. The minimum atomic E-state index is -0.691. The van der Waals surface area contributed by atoms with Gasteiger partial charge in [0, 0.05) is 6.42 Å². The molecule has 80 valence electrons. The number of hydrogen-bond acceptors (Lipinski definition) is 5. The lowest BCUT2D eigenvalue weighted by Crippen LogP contribution is -2.28. The van der Waals surface area contributed by atoms with Gasteiger partial charge >= 0.3 is 5.97 Å². The summed E-state index contributed by atoms with van der Waals surface area (Å²) in [5.74, 6) is -0.395. The molecular weight excluding hydrogens is 186 g/mol. The van der Waals surface area contributed by atoms with Crippen molar-refractivity contribution >= 4 is 11.7 Å². The van der Waals surface area contributed by atoms with Gasteiger partial charge in [0.05, 0.1) is 18.9 Å². The minimum absolute atomic E-state index is 0.0637. The first-order valence-corrected chi connectivity index (χ1v) is 4.54. The molecule has 1 rings (SSSR count). The van der Waals surface area contributed by atoms with Crippen LogP contribution < -0.4 is 0 Å². The van der Waals surface area contributed by atoms with Crippen LogP contribution in [0.1, 0.15) is 20.3 Å². The second-order valence-corrected chi connectivity index (χ2v) is 3.59. The number of hydrogen-bond donors (Lipinski definition) is 1. The number of carbonyl (C=O) groups is 1. The van der Waals surface area contributed by atoms with Crippen LogP contribution in [-0.2, 0) is 14.4 Å². The number of esters is 1. The Kier molecular flexibility index (Phi) is 3.46.